The van der Waals surface area contributed by atoms with Crippen molar-refractivity contribution >= 4 is 0 Å². The summed E-state index contributed by atoms with van der Waals surface area (Å²) in [5.74, 6) is 1.01. The number of hydrogen-bond acceptors (Lipinski definition) is 3. The number of hydrogen-bond donors (Lipinski definition) is 0. The van der Waals surface area contributed by atoms with Crippen molar-refractivity contribution in [3.63, 3.8) is 0 Å². The minimum absolute atomic E-state index is 0.722. The van der Waals surface area contributed by atoms with E-state index in [9.17, 15) is 0 Å². The van der Waals surface area contributed by atoms with Gasteiger partial charge in [-0.3, -0.25) is 4.90 Å². The lowest BCUT2D eigenvalue weighted by Gasteiger charge is -2.37. The first-order valence-electron chi connectivity index (χ1n) is 9.87. The van der Waals surface area contributed by atoms with Gasteiger partial charge in [-0.1, -0.05) is 13.3 Å². The first-order valence-corrected chi connectivity index (χ1v) is 9.87. The van der Waals surface area contributed by atoms with Crippen molar-refractivity contribution in [2.45, 2.75) is 65.3 Å². The molecule has 0 aromatic carbocycles. The van der Waals surface area contributed by atoms with Crippen LogP contribution in [0.4, 0.5) is 0 Å². The largest absolute Gasteiger partial charge is 0.303 e. The molecule has 0 bridgehead atoms. The standard InChI is InChI=1S/C19H39N3/c1-4-5-10-20-12-8-19(9-13-20)7-6-11-21-14-16-22(17-15-21)18(2)3/h18-19H,4-17H2,1-3H3. The van der Waals surface area contributed by atoms with E-state index in [0.29, 0.717) is 0 Å². The quantitative estimate of drug-likeness (QED) is 0.681. The van der Waals surface area contributed by atoms with Gasteiger partial charge >= 0.3 is 0 Å². The Morgan fingerprint density at radius 3 is 2.00 bits per heavy atom. The summed E-state index contributed by atoms with van der Waals surface area (Å²) in [6, 6.07) is 0.722. The number of piperazine rings is 1. The molecule has 3 nitrogen and oxygen atoms in total. The van der Waals surface area contributed by atoms with Gasteiger partial charge in [0.25, 0.3) is 0 Å². The first kappa shape index (κ1) is 18.2. The number of likely N-dealkylation sites (tertiary alicyclic amines) is 1. The van der Waals surface area contributed by atoms with E-state index in [1.165, 1.54) is 90.9 Å². The number of rotatable bonds is 8. The molecule has 0 unspecified atom stereocenters. The lowest BCUT2D eigenvalue weighted by Crippen LogP contribution is -2.49. The molecular formula is C19H39N3. The van der Waals surface area contributed by atoms with E-state index in [1.807, 2.05) is 0 Å². The fraction of sp³-hybridized carbons (Fsp3) is 1.00. The molecule has 0 saturated carbocycles. The van der Waals surface area contributed by atoms with E-state index in [-0.39, 0.29) is 0 Å². The summed E-state index contributed by atoms with van der Waals surface area (Å²) in [6.07, 6.45) is 8.50. The zero-order valence-electron chi connectivity index (χ0n) is 15.4. The number of unbranched alkanes of at least 4 members (excludes halogenated alkanes) is 1. The molecule has 0 radical (unpaired) electrons. The van der Waals surface area contributed by atoms with Crippen LogP contribution in [-0.4, -0.2) is 73.1 Å². The van der Waals surface area contributed by atoms with Gasteiger partial charge in [0.15, 0.2) is 0 Å². The molecule has 2 rings (SSSR count). The normalized spacial score (nSPS) is 23.5. The van der Waals surface area contributed by atoms with Gasteiger partial charge in [0.2, 0.25) is 0 Å². The molecule has 0 N–H and O–H groups in total. The maximum absolute atomic E-state index is 2.69. The molecule has 2 heterocycles. The summed E-state index contributed by atoms with van der Waals surface area (Å²) in [5, 5.41) is 0. The molecule has 22 heavy (non-hydrogen) atoms. The maximum atomic E-state index is 2.69. The van der Waals surface area contributed by atoms with Crippen LogP contribution in [0.25, 0.3) is 0 Å². The van der Waals surface area contributed by atoms with Crippen molar-refractivity contribution in [2.24, 2.45) is 5.92 Å². The van der Waals surface area contributed by atoms with Crippen molar-refractivity contribution in [3.05, 3.63) is 0 Å². The van der Waals surface area contributed by atoms with E-state index in [2.05, 4.69) is 35.5 Å². The van der Waals surface area contributed by atoms with Crippen molar-refractivity contribution < 1.29 is 0 Å². The van der Waals surface area contributed by atoms with Gasteiger partial charge < -0.3 is 9.80 Å². The first-order chi connectivity index (χ1) is 10.7. The van der Waals surface area contributed by atoms with Gasteiger partial charge in [-0.25, -0.2) is 0 Å². The average Bonchev–Trinajstić information content (AvgIpc) is 2.54. The van der Waals surface area contributed by atoms with Crippen molar-refractivity contribution in [3.8, 4) is 0 Å². The van der Waals surface area contributed by atoms with Crippen LogP contribution in [-0.2, 0) is 0 Å². The number of nitrogens with zero attached hydrogens (tertiary/aromatic N) is 3. The fourth-order valence-corrected chi connectivity index (χ4v) is 3.99. The molecule has 2 fully saturated rings. The molecule has 0 amide bonds. The molecular weight excluding hydrogens is 270 g/mol. The Labute approximate surface area is 139 Å². The molecule has 0 aromatic rings. The van der Waals surface area contributed by atoms with Crippen LogP contribution in [0.3, 0.4) is 0 Å². The average molecular weight is 310 g/mol. The summed E-state index contributed by atoms with van der Waals surface area (Å²) in [4.78, 5) is 7.99. The molecule has 0 atom stereocenters. The van der Waals surface area contributed by atoms with Crippen molar-refractivity contribution in [1.29, 1.82) is 0 Å². The van der Waals surface area contributed by atoms with Crippen LogP contribution in [0, 0.1) is 5.92 Å². The lowest BCUT2D eigenvalue weighted by atomic mass is 9.92. The van der Waals surface area contributed by atoms with Gasteiger partial charge in [0, 0.05) is 32.2 Å². The van der Waals surface area contributed by atoms with Crippen molar-refractivity contribution in [2.75, 3.05) is 52.4 Å². The lowest BCUT2D eigenvalue weighted by molar-refractivity contribution is 0.104. The molecule has 130 valence electrons. The van der Waals surface area contributed by atoms with Gasteiger partial charge in [-0.15, -0.1) is 0 Å². The highest BCUT2D eigenvalue weighted by molar-refractivity contribution is 4.76. The highest BCUT2D eigenvalue weighted by Crippen LogP contribution is 2.22. The van der Waals surface area contributed by atoms with Crippen LogP contribution in [0.1, 0.15) is 59.3 Å². The van der Waals surface area contributed by atoms with E-state index >= 15 is 0 Å². The smallest absolute Gasteiger partial charge is 0.0113 e. The van der Waals surface area contributed by atoms with Crippen LogP contribution < -0.4 is 0 Å². The maximum Gasteiger partial charge on any atom is 0.0113 e. The Kier molecular flexibility index (Phi) is 8.19. The van der Waals surface area contributed by atoms with E-state index < -0.39 is 0 Å². The second kappa shape index (κ2) is 9.89. The predicted molar refractivity (Wildman–Crippen MR) is 96.5 cm³/mol. The molecule has 2 aliphatic heterocycles. The van der Waals surface area contributed by atoms with Crippen LogP contribution in [0.15, 0.2) is 0 Å². The molecule has 0 aliphatic carbocycles. The van der Waals surface area contributed by atoms with E-state index in [4.69, 9.17) is 0 Å². The fourth-order valence-electron chi connectivity index (χ4n) is 3.99. The van der Waals surface area contributed by atoms with E-state index in [1.54, 1.807) is 0 Å². The minimum atomic E-state index is 0.722. The summed E-state index contributed by atoms with van der Waals surface area (Å²) in [7, 11) is 0. The molecule has 0 aromatic heterocycles. The van der Waals surface area contributed by atoms with Gasteiger partial charge in [0.05, 0.1) is 0 Å². The third-order valence-corrected chi connectivity index (χ3v) is 5.76. The monoisotopic (exact) mass is 309 g/mol. The third kappa shape index (κ3) is 6.17. The zero-order chi connectivity index (χ0) is 15.8. The summed E-state index contributed by atoms with van der Waals surface area (Å²) in [6.45, 7) is 17.4. The van der Waals surface area contributed by atoms with Gasteiger partial charge in [0.1, 0.15) is 0 Å². The summed E-state index contributed by atoms with van der Waals surface area (Å²) < 4.78 is 0. The Morgan fingerprint density at radius 1 is 0.818 bits per heavy atom. The molecule has 2 saturated heterocycles. The highest BCUT2D eigenvalue weighted by Gasteiger charge is 2.20. The molecule has 2 aliphatic rings. The van der Waals surface area contributed by atoms with Crippen molar-refractivity contribution in [1.82, 2.24) is 14.7 Å². The topological polar surface area (TPSA) is 9.72 Å². The van der Waals surface area contributed by atoms with E-state index in [0.717, 1.165) is 12.0 Å². The predicted octanol–water partition coefficient (Wildman–Crippen LogP) is 3.30. The summed E-state index contributed by atoms with van der Waals surface area (Å²) in [5.41, 5.74) is 0. The van der Waals surface area contributed by atoms with Crippen LogP contribution in [0.2, 0.25) is 0 Å². The Hall–Kier alpha value is -0.120. The Bertz CT molecular complexity index is 276. The third-order valence-electron chi connectivity index (χ3n) is 5.76. The zero-order valence-corrected chi connectivity index (χ0v) is 15.4. The summed E-state index contributed by atoms with van der Waals surface area (Å²) >= 11 is 0. The Morgan fingerprint density at radius 2 is 1.41 bits per heavy atom. The van der Waals surface area contributed by atoms with Crippen LogP contribution in [0.5, 0.6) is 0 Å². The second-order valence-corrected chi connectivity index (χ2v) is 7.75. The molecule has 0 spiro atoms. The SMILES string of the molecule is CCCCN1CCC(CCCN2CCN(C(C)C)CC2)CC1. The second-order valence-electron chi connectivity index (χ2n) is 7.75. The minimum Gasteiger partial charge on any atom is -0.303 e. The number of piperidine rings is 1. The van der Waals surface area contributed by atoms with Gasteiger partial charge in [-0.05, 0) is 78.0 Å². The Balaban J connectivity index is 1.51. The van der Waals surface area contributed by atoms with Gasteiger partial charge in [-0.2, -0.15) is 0 Å². The highest BCUT2D eigenvalue weighted by atomic mass is 15.3. The molecule has 3 heteroatoms. The van der Waals surface area contributed by atoms with Crippen LogP contribution >= 0.6 is 0 Å².